The normalized spacial score (nSPS) is 13.0. The van der Waals surface area contributed by atoms with E-state index in [1.807, 2.05) is 0 Å². The average molecular weight is 643 g/mol. The molecule has 1 aromatic rings. The maximum Gasteiger partial charge on any atom is 0.111 e. The van der Waals surface area contributed by atoms with E-state index in [9.17, 15) is 0 Å². The van der Waals surface area contributed by atoms with E-state index < -0.39 is 0 Å². The molecule has 1 heterocycles. The molecule has 1 rings (SSSR count). The molecule has 0 spiro atoms. The zero-order valence-corrected chi connectivity index (χ0v) is 32.5. The summed E-state index contributed by atoms with van der Waals surface area (Å²) in [4.78, 5) is 5.04. The Hall–Kier alpha value is -0.790. The molecule has 2 atom stereocenters. The van der Waals surface area contributed by atoms with Crippen LogP contribution in [0.2, 0.25) is 0 Å². The lowest BCUT2D eigenvalue weighted by atomic mass is 9.92. The van der Waals surface area contributed by atoms with Crippen molar-refractivity contribution < 1.29 is 0 Å². The molecule has 0 saturated heterocycles. The Morgan fingerprint density at radius 1 is 0.413 bits per heavy atom. The second-order valence-corrected chi connectivity index (χ2v) is 15.4. The third-order valence-corrected chi connectivity index (χ3v) is 10.8. The number of hydrogen-bond acceptors (Lipinski definition) is 1. The van der Waals surface area contributed by atoms with Crippen LogP contribution in [0.1, 0.15) is 270 Å². The van der Waals surface area contributed by atoms with Crippen LogP contribution < -0.4 is 0 Å². The van der Waals surface area contributed by atoms with E-state index in [1.165, 1.54) is 231 Å². The standard InChI is InChI=1S/C44H86N2/c1-5-8-11-14-17-20-22-24-27-30-33-36-39-43(38-35-32-29-26-23-21-18-15-12-9-6-2)44-45-40-41-46(44)42(4)37-34-31-28-25-19-16-13-10-7-3/h40-43H,5-39H2,1-4H3. The van der Waals surface area contributed by atoms with Gasteiger partial charge in [0.25, 0.3) is 0 Å². The van der Waals surface area contributed by atoms with Crippen LogP contribution >= 0.6 is 0 Å². The van der Waals surface area contributed by atoms with Crippen LogP contribution in [0.25, 0.3) is 0 Å². The van der Waals surface area contributed by atoms with Crippen LogP contribution in [-0.2, 0) is 0 Å². The van der Waals surface area contributed by atoms with Gasteiger partial charge in [-0.05, 0) is 26.2 Å². The molecule has 2 nitrogen and oxygen atoms in total. The van der Waals surface area contributed by atoms with Gasteiger partial charge in [0.15, 0.2) is 0 Å². The lowest BCUT2D eigenvalue weighted by molar-refractivity contribution is 0.412. The lowest BCUT2D eigenvalue weighted by Crippen LogP contribution is -2.13. The Kier molecular flexibility index (Phi) is 32.0. The van der Waals surface area contributed by atoms with Gasteiger partial charge in [-0.2, -0.15) is 0 Å². The minimum absolute atomic E-state index is 0.587. The molecule has 0 amide bonds. The van der Waals surface area contributed by atoms with E-state index in [4.69, 9.17) is 4.98 Å². The predicted molar refractivity (Wildman–Crippen MR) is 208 cm³/mol. The summed E-state index contributed by atoms with van der Waals surface area (Å²) in [7, 11) is 0. The fraction of sp³-hybridized carbons (Fsp3) is 0.932. The summed E-state index contributed by atoms with van der Waals surface area (Å²) >= 11 is 0. The highest BCUT2D eigenvalue weighted by molar-refractivity contribution is 5.02. The highest BCUT2D eigenvalue weighted by Crippen LogP contribution is 2.31. The molecule has 0 aliphatic heterocycles. The highest BCUT2D eigenvalue weighted by atomic mass is 15.1. The Morgan fingerprint density at radius 3 is 1.02 bits per heavy atom. The average Bonchev–Trinajstić information content (AvgIpc) is 3.56. The molecule has 0 aliphatic rings. The van der Waals surface area contributed by atoms with Crippen molar-refractivity contribution in [2.75, 3.05) is 0 Å². The second-order valence-electron chi connectivity index (χ2n) is 15.4. The second kappa shape index (κ2) is 34.1. The van der Waals surface area contributed by atoms with Gasteiger partial charge in [-0.15, -0.1) is 0 Å². The quantitative estimate of drug-likeness (QED) is 0.0660. The van der Waals surface area contributed by atoms with Crippen LogP contribution in [0.5, 0.6) is 0 Å². The number of unbranched alkanes of at least 4 members (excludes halogenated alkanes) is 29. The van der Waals surface area contributed by atoms with Crippen molar-refractivity contribution in [3.05, 3.63) is 18.2 Å². The van der Waals surface area contributed by atoms with E-state index in [-0.39, 0.29) is 0 Å². The third kappa shape index (κ3) is 25.3. The van der Waals surface area contributed by atoms with Gasteiger partial charge in [-0.25, -0.2) is 4.98 Å². The summed E-state index contributed by atoms with van der Waals surface area (Å²) in [6.45, 7) is 9.40. The minimum atomic E-state index is 0.587. The summed E-state index contributed by atoms with van der Waals surface area (Å²) in [6.07, 6.45) is 54.1. The molecule has 0 fully saturated rings. The van der Waals surface area contributed by atoms with E-state index >= 15 is 0 Å². The van der Waals surface area contributed by atoms with Crippen molar-refractivity contribution in [3.8, 4) is 0 Å². The number of nitrogens with zero attached hydrogens (tertiary/aromatic N) is 2. The molecule has 272 valence electrons. The van der Waals surface area contributed by atoms with E-state index in [1.54, 1.807) is 0 Å². The fourth-order valence-electron chi connectivity index (χ4n) is 7.59. The van der Waals surface area contributed by atoms with Crippen molar-refractivity contribution in [1.82, 2.24) is 9.55 Å². The van der Waals surface area contributed by atoms with Crippen molar-refractivity contribution in [1.29, 1.82) is 0 Å². The highest BCUT2D eigenvalue weighted by Gasteiger charge is 2.19. The molecule has 0 saturated carbocycles. The molecular weight excluding hydrogens is 556 g/mol. The van der Waals surface area contributed by atoms with Crippen molar-refractivity contribution in [2.45, 2.75) is 264 Å². The van der Waals surface area contributed by atoms with Crippen molar-refractivity contribution in [2.24, 2.45) is 0 Å². The Morgan fingerprint density at radius 2 is 0.696 bits per heavy atom. The van der Waals surface area contributed by atoms with Crippen LogP contribution in [0.15, 0.2) is 12.4 Å². The van der Waals surface area contributed by atoms with Gasteiger partial charge in [0.05, 0.1) is 0 Å². The van der Waals surface area contributed by atoms with Crippen LogP contribution in [0.4, 0.5) is 0 Å². The van der Waals surface area contributed by atoms with E-state index in [2.05, 4.69) is 44.7 Å². The maximum atomic E-state index is 5.04. The monoisotopic (exact) mass is 643 g/mol. The lowest BCUT2D eigenvalue weighted by Gasteiger charge is -2.22. The maximum absolute atomic E-state index is 5.04. The van der Waals surface area contributed by atoms with Gasteiger partial charge in [0, 0.05) is 24.4 Å². The first-order valence-corrected chi connectivity index (χ1v) is 21.8. The predicted octanol–water partition coefficient (Wildman–Crippen LogP) is 16.2. The van der Waals surface area contributed by atoms with Gasteiger partial charge >= 0.3 is 0 Å². The van der Waals surface area contributed by atoms with Gasteiger partial charge in [-0.3, -0.25) is 0 Å². The molecular formula is C44H86N2. The van der Waals surface area contributed by atoms with Gasteiger partial charge in [0.2, 0.25) is 0 Å². The topological polar surface area (TPSA) is 17.8 Å². The van der Waals surface area contributed by atoms with Gasteiger partial charge in [-0.1, -0.05) is 226 Å². The molecule has 2 unspecified atom stereocenters. The molecule has 0 bridgehead atoms. The molecule has 46 heavy (non-hydrogen) atoms. The van der Waals surface area contributed by atoms with Gasteiger partial charge in [0.1, 0.15) is 5.82 Å². The molecule has 0 aromatic carbocycles. The van der Waals surface area contributed by atoms with Crippen molar-refractivity contribution in [3.63, 3.8) is 0 Å². The van der Waals surface area contributed by atoms with Crippen LogP contribution in [0.3, 0.4) is 0 Å². The first-order valence-electron chi connectivity index (χ1n) is 21.8. The Labute approximate surface area is 291 Å². The first kappa shape index (κ1) is 43.2. The first-order chi connectivity index (χ1) is 22.7. The largest absolute Gasteiger partial charge is 0.332 e. The molecule has 2 heteroatoms. The van der Waals surface area contributed by atoms with E-state index in [0.717, 1.165) is 0 Å². The summed E-state index contributed by atoms with van der Waals surface area (Å²) in [6, 6.07) is 0.587. The number of imidazole rings is 1. The Balaban J connectivity index is 2.41. The van der Waals surface area contributed by atoms with Crippen LogP contribution in [0, 0.1) is 0 Å². The van der Waals surface area contributed by atoms with Crippen LogP contribution in [-0.4, -0.2) is 9.55 Å². The molecule has 0 radical (unpaired) electrons. The smallest absolute Gasteiger partial charge is 0.111 e. The van der Waals surface area contributed by atoms with Crippen molar-refractivity contribution >= 4 is 0 Å². The zero-order valence-electron chi connectivity index (χ0n) is 32.5. The summed E-state index contributed by atoms with van der Waals surface area (Å²) in [5.41, 5.74) is 0. The molecule has 0 aliphatic carbocycles. The third-order valence-electron chi connectivity index (χ3n) is 10.8. The number of hydrogen-bond donors (Lipinski definition) is 0. The summed E-state index contributed by atoms with van der Waals surface area (Å²) < 4.78 is 2.59. The summed E-state index contributed by atoms with van der Waals surface area (Å²) in [5.74, 6) is 2.07. The number of aromatic nitrogens is 2. The van der Waals surface area contributed by atoms with Gasteiger partial charge < -0.3 is 4.57 Å². The Bertz CT molecular complexity index is 709. The molecule has 1 aromatic heterocycles. The fourth-order valence-corrected chi connectivity index (χ4v) is 7.59. The SMILES string of the molecule is CCCCCCCCCCCCCCC(CCCCCCCCCCCCC)c1nccn1C(C)CCCCCCCCCCC. The zero-order chi connectivity index (χ0) is 33.2. The van der Waals surface area contributed by atoms with E-state index in [0.29, 0.717) is 12.0 Å². The summed E-state index contributed by atoms with van der Waals surface area (Å²) in [5, 5.41) is 0. The minimum Gasteiger partial charge on any atom is -0.332 e. The molecule has 0 N–H and O–H groups in total. The number of rotatable bonds is 37.